The van der Waals surface area contributed by atoms with Gasteiger partial charge in [-0.2, -0.15) is 0 Å². The number of hydrogen-bond donors (Lipinski definition) is 2. The van der Waals surface area contributed by atoms with Crippen LogP contribution >= 0.6 is 0 Å². The second-order valence-corrected chi connectivity index (χ2v) is 9.25. The van der Waals surface area contributed by atoms with E-state index < -0.39 is 54.9 Å². The minimum Gasteiger partial charge on any atom is -0.462 e. The molecule has 2 N–H and O–H groups in total. The number of aryl methyl sites for hydroxylation is 1. The predicted molar refractivity (Wildman–Crippen MR) is 141 cm³/mol. The normalized spacial score (nSPS) is 22.4. The van der Waals surface area contributed by atoms with E-state index >= 15 is 0 Å². The Kier molecular flexibility index (Phi) is 7.92. The third kappa shape index (κ3) is 5.89. The zero-order chi connectivity index (χ0) is 28.2. The highest BCUT2D eigenvalue weighted by molar-refractivity contribution is 5.90. The highest BCUT2D eigenvalue weighted by Gasteiger charge is 2.48. The summed E-state index contributed by atoms with van der Waals surface area (Å²) in [5, 5.41) is 22.8. The lowest BCUT2D eigenvalue weighted by molar-refractivity contribution is -0.276. The van der Waals surface area contributed by atoms with Gasteiger partial charge in [-0.1, -0.05) is 36.4 Å². The maximum absolute atomic E-state index is 12.8. The number of carbonyl (C=O) groups is 2. The molecule has 0 saturated carbocycles. The van der Waals surface area contributed by atoms with E-state index in [4.69, 9.17) is 23.4 Å². The minimum atomic E-state index is -1.64. The summed E-state index contributed by atoms with van der Waals surface area (Å²) < 4.78 is 27.8. The molecule has 5 rings (SSSR count). The van der Waals surface area contributed by atoms with Crippen LogP contribution in [-0.4, -0.2) is 59.5 Å². The molecule has 5 atom stereocenters. The van der Waals surface area contributed by atoms with Crippen LogP contribution in [0.25, 0.3) is 11.0 Å². The molecule has 3 unspecified atom stereocenters. The number of aliphatic hydroxyl groups excluding tert-OH is 2. The minimum absolute atomic E-state index is 0.176. The van der Waals surface area contributed by atoms with E-state index in [1.807, 2.05) is 0 Å². The van der Waals surface area contributed by atoms with Gasteiger partial charge in [-0.15, -0.1) is 0 Å². The van der Waals surface area contributed by atoms with Crippen LogP contribution in [0.5, 0.6) is 5.75 Å². The molecule has 1 aliphatic rings. The smallest absolute Gasteiger partial charge is 0.338 e. The van der Waals surface area contributed by atoms with Crippen molar-refractivity contribution in [1.82, 2.24) is 0 Å². The fourth-order valence-corrected chi connectivity index (χ4v) is 4.37. The molecule has 2 heterocycles. The van der Waals surface area contributed by atoms with Crippen LogP contribution in [0, 0.1) is 6.92 Å². The zero-order valence-corrected chi connectivity index (χ0v) is 21.3. The SMILES string of the molecule is Cc1cc(=O)oc2cc(O[C@@H]3OC(COC(=O)c4ccccc4)[C@H](O)C(OC(=O)c4ccccc4)C3O)ccc12. The summed E-state index contributed by atoms with van der Waals surface area (Å²) in [5.74, 6) is -1.26. The van der Waals surface area contributed by atoms with Gasteiger partial charge in [0.25, 0.3) is 0 Å². The molecule has 4 aromatic rings. The number of aliphatic hydroxyl groups is 2. The first-order valence-electron chi connectivity index (χ1n) is 12.5. The van der Waals surface area contributed by atoms with Gasteiger partial charge in [0.2, 0.25) is 6.29 Å². The molecule has 1 saturated heterocycles. The largest absolute Gasteiger partial charge is 0.462 e. The van der Waals surface area contributed by atoms with Crippen LogP contribution in [-0.2, 0) is 14.2 Å². The van der Waals surface area contributed by atoms with Crippen molar-refractivity contribution in [3.8, 4) is 5.75 Å². The van der Waals surface area contributed by atoms with E-state index in [0.717, 1.165) is 0 Å². The van der Waals surface area contributed by atoms with Crippen LogP contribution in [0.15, 0.2) is 94.1 Å². The average molecular weight is 547 g/mol. The molecule has 10 heteroatoms. The fourth-order valence-electron chi connectivity index (χ4n) is 4.37. The Bertz CT molecular complexity index is 1550. The third-order valence-electron chi connectivity index (χ3n) is 6.46. The Morgan fingerprint density at radius 1 is 0.850 bits per heavy atom. The molecule has 1 fully saturated rings. The molecule has 40 heavy (non-hydrogen) atoms. The van der Waals surface area contributed by atoms with Crippen LogP contribution in [0.3, 0.4) is 0 Å². The van der Waals surface area contributed by atoms with Crippen molar-refractivity contribution in [2.45, 2.75) is 37.6 Å². The quantitative estimate of drug-likeness (QED) is 0.262. The van der Waals surface area contributed by atoms with Gasteiger partial charge in [0.15, 0.2) is 12.2 Å². The summed E-state index contributed by atoms with van der Waals surface area (Å²) >= 11 is 0. The number of esters is 2. The Labute approximate surface area is 228 Å². The topological polar surface area (TPSA) is 142 Å². The molecule has 0 spiro atoms. The molecule has 0 amide bonds. The average Bonchev–Trinajstić information content (AvgIpc) is 2.96. The first-order chi connectivity index (χ1) is 19.3. The lowest BCUT2D eigenvalue weighted by Gasteiger charge is -2.41. The monoisotopic (exact) mass is 546 g/mol. The molecule has 1 aromatic heterocycles. The summed E-state index contributed by atoms with van der Waals surface area (Å²) in [6.45, 7) is 1.34. The van der Waals surface area contributed by atoms with E-state index in [-0.39, 0.29) is 16.9 Å². The molecule has 0 bridgehead atoms. The third-order valence-corrected chi connectivity index (χ3v) is 6.46. The number of benzene rings is 3. The number of rotatable bonds is 7. The number of fused-ring (bicyclic) bond motifs is 1. The van der Waals surface area contributed by atoms with E-state index in [1.165, 1.54) is 24.3 Å². The molecule has 0 radical (unpaired) electrons. The van der Waals surface area contributed by atoms with Gasteiger partial charge in [-0.3, -0.25) is 0 Å². The number of hydrogen-bond acceptors (Lipinski definition) is 10. The van der Waals surface area contributed by atoms with Crippen molar-refractivity contribution in [2.24, 2.45) is 0 Å². The van der Waals surface area contributed by atoms with E-state index in [2.05, 4.69) is 0 Å². The first-order valence-corrected chi connectivity index (χ1v) is 12.5. The summed E-state index contributed by atoms with van der Waals surface area (Å²) in [6.07, 6.45) is -7.37. The van der Waals surface area contributed by atoms with Crippen molar-refractivity contribution < 1.29 is 43.2 Å². The standard InChI is InChI=1S/C30H26O10/c1-17-14-24(31)38-22-15-20(12-13-21(17)22)37-30-26(33)27(40-29(35)19-10-6-3-7-11-19)25(32)23(39-30)16-36-28(34)18-8-4-2-5-9-18/h2-15,23,25-27,30,32-33H,16H2,1H3/t23?,25-,26?,27?,30+/m0/s1. The molecule has 0 aliphatic carbocycles. The zero-order valence-electron chi connectivity index (χ0n) is 21.3. The number of ether oxygens (including phenoxy) is 4. The van der Waals surface area contributed by atoms with Crippen LogP contribution in [0.2, 0.25) is 0 Å². The molecule has 206 valence electrons. The van der Waals surface area contributed by atoms with Gasteiger partial charge >= 0.3 is 17.6 Å². The lowest BCUT2D eigenvalue weighted by atomic mass is 9.98. The second-order valence-electron chi connectivity index (χ2n) is 9.25. The Balaban J connectivity index is 1.39. The van der Waals surface area contributed by atoms with E-state index in [0.29, 0.717) is 16.5 Å². The van der Waals surface area contributed by atoms with E-state index in [9.17, 15) is 24.6 Å². The molecule has 1 aliphatic heterocycles. The highest BCUT2D eigenvalue weighted by Crippen LogP contribution is 2.29. The van der Waals surface area contributed by atoms with Crippen LogP contribution in [0.1, 0.15) is 26.3 Å². The number of carbonyl (C=O) groups excluding carboxylic acids is 2. The lowest BCUT2D eigenvalue weighted by Crippen LogP contribution is -2.61. The van der Waals surface area contributed by atoms with Crippen molar-refractivity contribution in [1.29, 1.82) is 0 Å². The van der Waals surface area contributed by atoms with Crippen molar-refractivity contribution in [3.63, 3.8) is 0 Å². The van der Waals surface area contributed by atoms with Gasteiger partial charge in [0.05, 0.1) is 11.1 Å². The summed E-state index contributed by atoms with van der Waals surface area (Å²) in [5.41, 5.74) is 0.933. The van der Waals surface area contributed by atoms with Crippen molar-refractivity contribution in [3.05, 3.63) is 112 Å². The van der Waals surface area contributed by atoms with Crippen LogP contribution in [0.4, 0.5) is 0 Å². The maximum Gasteiger partial charge on any atom is 0.338 e. The Morgan fingerprint density at radius 3 is 2.17 bits per heavy atom. The Morgan fingerprint density at radius 2 is 1.50 bits per heavy atom. The molecule has 10 nitrogen and oxygen atoms in total. The first kappa shape index (κ1) is 27.1. The summed E-state index contributed by atoms with van der Waals surface area (Å²) in [7, 11) is 0. The highest BCUT2D eigenvalue weighted by atomic mass is 16.7. The van der Waals surface area contributed by atoms with Gasteiger partial charge in [-0.25, -0.2) is 14.4 Å². The van der Waals surface area contributed by atoms with Gasteiger partial charge in [0, 0.05) is 17.5 Å². The van der Waals surface area contributed by atoms with Crippen molar-refractivity contribution in [2.75, 3.05) is 6.61 Å². The second kappa shape index (κ2) is 11.7. The molecular formula is C30H26O10. The van der Waals surface area contributed by atoms with E-state index in [1.54, 1.807) is 67.6 Å². The Hall–Kier alpha value is -4.51. The molecule has 3 aromatic carbocycles. The van der Waals surface area contributed by atoms with Gasteiger partial charge in [0.1, 0.15) is 30.1 Å². The summed E-state index contributed by atoms with van der Waals surface area (Å²) in [4.78, 5) is 37.1. The van der Waals surface area contributed by atoms with Crippen LogP contribution < -0.4 is 10.4 Å². The molecular weight excluding hydrogens is 520 g/mol. The summed E-state index contributed by atoms with van der Waals surface area (Å²) in [6, 6.07) is 22.4. The maximum atomic E-state index is 12.8. The predicted octanol–water partition coefficient (Wildman–Crippen LogP) is 3.01. The van der Waals surface area contributed by atoms with Crippen molar-refractivity contribution >= 4 is 22.9 Å². The van der Waals surface area contributed by atoms with Gasteiger partial charge in [-0.05, 0) is 48.9 Å². The fraction of sp³-hybridized carbons (Fsp3) is 0.233. The van der Waals surface area contributed by atoms with Gasteiger partial charge < -0.3 is 33.6 Å².